The maximum atomic E-state index is 11.5. The average Bonchev–Trinajstić information content (AvgIpc) is 2.82. The Morgan fingerprint density at radius 1 is 1.06 bits per heavy atom. The summed E-state index contributed by atoms with van der Waals surface area (Å²) in [6, 6.07) is 6.98. The van der Waals surface area contributed by atoms with E-state index in [9.17, 15) is 25.5 Å². The Bertz CT molecular complexity index is 698. The van der Waals surface area contributed by atoms with Crippen LogP contribution in [-0.4, -0.2) is 91.9 Å². The van der Waals surface area contributed by atoms with Crippen molar-refractivity contribution >= 4 is 0 Å². The predicted octanol–water partition coefficient (Wildman–Crippen LogP) is -0.124. The van der Waals surface area contributed by atoms with Crippen LogP contribution in [0.15, 0.2) is 36.9 Å². The second-order valence-corrected chi connectivity index (χ2v) is 8.67. The molecule has 7 atom stereocenters. The van der Waals surface area contributed by atoms with Gasteiger partial charge in [-0.25, -0.2) is 0 Å². The highest BCUT2D eigenvalue weighted by Crippen LogP contribution is 2.38. The first kappa shape index (κ1) is 27.7. The van der Waals surface area contributed by atoms with Gasteiger partial charge < -0.3 is 45.2 Å². The molecule has 1 aromatic carbocycles. The molecule has 33 heavy (non-hydrogen) atoms. The summed E-state index contributed by atoms with van der Waals surface area (Å²) in [5, 5.41) is 71.4. The SMILES string of the molecule is C=CCc1ccc(O[C@H]2O[C@H]([C@@H](O)CCCO)[C@@H](O)[C@H](O)[C@]2(O)C[C@H](CO)CCCO)cc1. The highest BCUT2D eigenvalue weighted by molar-refractivity contribution is 5.28. The van der Waals surface area contributed by atoms with Gasteiger partial charge in [0, 0.05) is 19.8 Å². The Balaban J connectivity index is 2.31. The summed E-state index contributed by atoms with van der Waals surface area (Å²) in [6.45, 7) is 3.14. The van der Waals surface area contributed by atoms with Crippen molar-refractivity contribution in [3.63, 3.8) is 0 Å². The van der Waals surface area contributed by atoms with Crippen molar-refractivity contribution in [2.75, 3.05) is 19.8 Å². The molecule has 0 amide bonds. The fourth-order valence-electron chi connectivity index (χ4n) is 4.18. The van der Waals surface area contributed by atoms with Crippen molar-refractivity contribution in [1.29, 1.82) is 0 Å². The van der Waals surface area contributed by atoms with Gasteiger partial charge in [-0.05, 0) is 62.1 Å². The third-order valence-corrected chi connectivity index (χ3v) is 6.09. The van der Waals surface area contributed by atoms with Crippen LogP contribution in [0.3, 0.4) is 0 Å². The molecule has 9 heteroatoms. The Morgan fingerprint density at radius 3 is 2.27 bits per heavy atom. The van der Waals surface area contributed by atoms with Crippen LogP contribution >= 0.6 is 0 Å². The zero-order valence-corrected chi connectivity index (χ0v) is 18.9. The zero-order chi connectivity index (χ0) is 24.4. The van der Waals surface area contributed by atoms with Crippen molar-refractivity contribution in [3.05, 3.63) is 42.5 Å². The maximum absolute atomic E-state index is 11.5. The smallest absolute Gasteiger partial charge is 0.232 e. The molecule has 0 unspecified atom stereocenters. The van der Waals surface area contributed by atoms with Crippen LogP contribution in [0.5, 0.6) is 5.75 Å². The van der Waals surface area contributed by atoms with E-state index in [0.717, 1.165) is 5.56 Å². The summed E-state index contributed by atoms with van der Waals surface area (Å²) in [5.74, 6) is -0.154. The van der Waals surface area contributed by atoms with Gasteiger partial charge in [0.1, 0.15) is 24.1 Å². The summed E-state index contributed by atoms with van der Waals surface area (Å²) in [4.78, 5) is 0. The van der Waals surface area contributed by atoms with Crippen molar-refractivity contribution in [3.8, 4) is 5.75 Å². The largest absolute Gasteiger partial charge is 0.462 e. The minimum atomic E-state index is -2.10. The molecule has 0 aliphatic carbocycles. The van der Waals surface area contributed by atoms with E-state index in [1.165, 1.54) is 0 Å². The molecule has 9 nitrogen and oxygen atoms in total. The van der Waals surface area contributed by atoms with Gasteiger partial charge in [-0.15, -0.1) is 6.58 Å². The minimum Gasteiger partial charge on any atom is -0.462 e. The first-order chi connectivity index (χ1) is 15.8. The highest BCUT2D eigenvalue weighted by Gasteiger charge is 2.57. The van der Waals surface area contributed by atoms with E-state index in [1.807, 2.05) is 12.1 Å². The van der Waals surface area contributed by atoms with Gasteiger partial charge in [0.2, 0.25) is 6.29 Å². The van der Waals surface area contributed by atoms with Crippen LogP contribution in [0.4, 0.5) is 0 Å². The summed E-state index contributed by atoms with van der Waals surface area (Å²) < 4.78 is 11.7. The van der Waals surface area contributed by atoms with Gasteiger partial charge in [-0.2, -0.15) is 0 Å². The molecule has 0 aromatic heterocycles. The summed E-state index contributed by atoms with van der Waals surface area (Å²) in [6.07, 6.45) is -3.91. The number of ether oxygens (including phenoxy) is 2. The topological polar surface area (TPSA) is 160 Å². The number of allylic oxidation sites excluding steroid dienone is 1. The van der Waals surface area contributed by atoms with E-state index in [2.05, 4.69) is 6.58 Å². The van der Waals surface area contributed by atoms with Gasteiger partial charge in [0.15, 0.2) is 5.60 Å². The zero-order valence-electron chi connectivity index (χ0n) is 18.9. The Labute approximate surface area is 194 Å². The second kappa shape index (κ2) is 13.4. The van der Waals surface area contributed by atoms with Crippen LogP contribution in [0, 0.1) is 5.92 Å². The van der Waals surface area contributed by atoms with Gasteiger partial charge in [0.25, 0.3) is 0 Å². The average molecular weight is 471 g/mol. The lowest BCUT2D eigenvalue weighted by atomic mass is 9.77. The number of aliphatic hydroxyl groups is 7. The molecular formula is C24H38O9. The van der Waals surface area contributed by atoms with Gasteiger partial charge in [-0.3, -0.25) is 0 Å². The van der Waals surface area contributed by atoms with Crippen molar-refractivity contribution < 1.29 is 45.2 Å². The van der Waals surface area contributed by atoms with Crippen LogP contribution in [-0.2, 0) is 11.2 Å². The number of rotatable bonds is 14. The normalized spacial score (nSPS) is 29.4. The van der Waals surface area contributed by atoms with Gasteiger partial charge in [-0.1, -0.05) is 18.2 Å². The van der Waals surface area contributed by atoms with E-state index >= 15 is 0 Å². The molecule has 0 spiro atoms. The standard InChI is InChI=1S/C24H38O9/c1-2-5-16-8-10-18(11-9-16)32-23-24(31,14-17(15-27)6-3-12-25)22(30)20(29)21(33-23)19(28)7-4-13-26/h2,8-11,17,19-23,25-31H,1,3-7,12-15H2/t17-,19+,20-,21-,22+,23+,24-/m1/s1. The third-order valence-electron chi connectivity index (χ3n) is 6.09. The van der Waals surface area contributed by atoms with Crippen molar-refractivity contribution in [2.45, 2.75) is 74.8 Å². The lowest BCUT2D eigenvalue weighted by molar-refractivity contribution is -0.333. The first-order valence-corrected chi connectivity index (χ1v) is 11.4. The third kappa shape index (κ3) is 7.21. The molecular weight excluding hydrogens is 432 g/mol. The van der Waals surface area contributed by atoms with Crippen LogP contribution in [0.25, 0.3) is 0 Å². The van der Waals surface area contributed by atoms with Gasteiger partial charge >= 0.3 is 0 Å². The molecule has 1 saturated heterocycles. The maximum Gasteiger partial charge on any atom is 0.232 e. The van der Waals surface area contributed by atoms with Gasteiger partial charge in [0.05, 0.1) is 6.10 Å². The molecule has 1 aliphatic rings. The fraction of sp³-hybridized carbons (Fsp3) is 0.667. The second-order valence-electron chi connectivity index (χ2n) is 8.67. The van der Waals surface area contributed by atoms with Crippen LogP contribution < -0.4 is 4.74 Å². The molecule has 0 radical (unpaired) electrons. The molecule has 7 N–H and O–H groups in total. The van der Waals surface area contributed by atoms with Crippen molar-refractivity contribution in [1.82, 2.24) is 0 Å². The number of aliphatic hydroxyl groups excluding tert-OH is 6. The number of hydrogen-bond acceptors (Lipinski definition) is 9. The summed E-state index contributed by atoms with van der Waals surface area (Å²) >= 11 is 0. The number of benzene rings is 1. The molecule has 0 saturated carbocycles. The van der Waals surface area contributed by atoms with E-state index in [0.29, 0.717) is 25.0 Å². The molecule has 1 aliphatic heterocycles. The Hall–Kier alpha value is -1.56. The van der Waals surface area contributed by atoms with Crippen molar-refractivity contribution in [2.24, 2.45) is 5.92 Å². The molecule has 2 rings (SSSR count). The van der Waals surface area contributed by atoms with E-state index in [4.69, 9.17) is 19.7 Å². The lowest BCUT2D eigenvalue weighted by Gasteiger charge is -2.49. The van der Waals surface area contributed by atoms with E-state index in [1.54, 1.807) is 18.2 Å². The molecule has 1 fully saturated rings. The van der Waals surface area contributed by atoms with E-state index < -0.39 is 42.2 Å². The first-order valence-electron chi connectivity index (χ1n) is 11.4. The number of hydrogen-bond donors (Lipinski definition) is 7. The Kier molecular flexibility index (Phi) is 11.2. The van der Waals surface area contributed by atoms with Crippen LogP contribution in [0.2, 0.25) is 0 Å². The molecule has 0 bridgehead atoms. The highest BCUT2D eigenvalue weighted by atomic mass is 16.7. The predicted molar refractivity (Wildman–Crippen MR) is 120 cm³/mol. The fourth-order valence-corrected chi connectivity index (χ4v) is 4.18. The molecule has 1 aromatic rings. The van der Waals surface area contributed by atoms with Crippen LogP contribution in [0.1, 0.15) is 37.7 Å². The minimum absolute atomic E-state index is 0.0906. The summed E-state index contributed by atoms with van der Waals surface area (Å²) in [5.41, 5.74) is -1.11. The Morgan fingerprint density at radius 2 is 1.70 bits per heavy atom. The summed E-state index contributed by atoms with van der Waals surface area (Å²) in [7, 11) is 0. The molecule has 188 valence electrons. The van der Waals surface area contributed by atoms with E-state index in [-0.39, 0.29) is 39.1 Å². The molecule has 1 heterocycles. The monoisotopic (exact) mass is 470 g/mol. The lowest BCUT2D eigenvalue weighted by Crippen LogP contribution is -2.69. The quantitative estimate of drug-likeness (QED) is 0.184.